The van der Waals surface area contributed by atoms with E-state index in [9.17, 15) is 4.79 Å². The van der Waals surface area contributed by atoms with Crippen LogP contribution in [0.25, 0.3) is 0 Å². The number of ether oxygens (including phenoxy) is 1. The first-order chi connectivity index (χ1) is 10.7. The van der Waals surface area contributed by atoms with Crippen molar-refractivity contribution in [3.63, 3.8) is 0 Å². The van der Waals surface area contributed by atoms with Gasteiger partial charge in [-0.3, -0.25) is 0 Å². The minimum Gasteiger partial charge on any atom is -0.444 e. The van der Waals surface area contributed by atoms with Crippen molar-refractivity contribution in [3.05, 3.63) is 16.9 Å². The van der Waals surface area contributed by atoms with Crippen molar-refractivity contribution < 1.29 is 9.53 Å². The number of nitrogens with one attached hydrogen (secondary N) is 1. The van der Waals surface area contributed by atoms with Gasteiger partial charge in [-0.2, -0.15) is 5.10 Å². The van der Waals surface area contributed by atoms with Crippen LogP contribution in [-0.4, -0.2) is 53.8 Å². The predicted molar refractivity (Wildman–Crippen MR) is 90.0 cm³/mol. The van der Waals surface area contributed by atoms with Gasteiger partial charge in [-0.05, 0) is 20.8 Å². The number of aromatic nitrogens is 2. The zero-order chi connectivity index (χ0) is 17.5. The molecule has 1 N–H and O–H groups in total. The van der Waals surface area contributed by atoms with Crippen LogP contribution < -0.4 is 5.32 Å². The summed E-state index contributed by atoms with van der Waals surface area (Å²) in [4.78, 5) is 17.5. The smallest absolute Gasteiger partial charge is 0.408 e. The summed E-state index contributed by atoms with van der Waals surface area (Å²) in [5.41, 5.74) is 0.401. The molecule has 0 saturated heterocycles. The molecule has 0 fully saturated rings. The van der Waals surface area contributed by atoms with E-state index in [1.807, 2.05) is 14.1 Å². The van der Waals surface area contributed by atoms with E-state index in [2.05, 4.69) is 32.3 Å². The van der Waals surface area contributed by atoms with Gasteiger partial charge in [-0.15, -0.1) is 5.10 Å². The normalized spacial score (nSPS) is 10.9. The van der Waals surface area contributed by atoms with Gasteiger partial charge in [0.2, 0.25) is 0 Å². The predicted octanol–water partition coefficient (Wildman–Crippen LogP) is 2.23. The van der Waals surface area contributed by atoms with E-state index in [0.29, 0.717) is 11.3 Å². The number of nitrogens with zero attached hydrogens (tertiary/aromatic N) is 4. The summed E-state index contributed by atoms with van der Waals surface area (Å²) < 4.78 is 5.11. The SMILES string of the molecule is CN(C)C=Nc1cnnc(Cl)c1C#CCNC(=O)OC(C)(C)C. The van der Waals surface area contributed by atoms with Crippen LogP contribution in [0, 0.1) is 11.8 Å². The maximum absolute atomic E-state index is 11.5. The molecule has 0 aromatic carbocycles. The standard InChI is InChI=1S/C15H20ClN5O2/c1-15(2,3)23-14(22)17-8-6-7-11-12(18-10-21(4)5)9-19-20-13(11)16/h9-10H,8H2,1-5H3,(H,17,22). The number of alkyl carbamates (subject to hydrolysis) is 1. The van der Waals surface area contributed by atoms with Crippen LogP contribution in [0.15, 0.2) is 11.2 Å². The molecule has 8 heteroatoms. The molecular weight excluding hydrogens is 318 g/mol. The molecule has 0 spiro atoms. The Labute approximate surface area is 141 Å². The molecule has 23 heavy (non-hydrogen) atoms. The van der Waals surface area contributed by atoms with Gasteiger partial charge in [-0.25, -0.2) is 9.79 Å². The second kappa shape index (κ2) is 8.34. The second-order valence-electron chi connectivity index (χ2n) is 5.76. The first kappa shape index (κ1) is 18.7. The van der Waals surface area contributed by atoms with Crippen LogP contribution in [-0.2, 0) is 4.74 Å². The van der Waals surface area contributed by atoms with Crippen LogP contribution in [0.2, 0.25) is 5.15 Å². The quantitative estimate of drug-likeness (QED) is 0.519. The van der Waals surface area contributed by atoms with Gasteiger partial charge in [0, 0.05) is 14.1 Å². The Morgan fingerprint density at radius 3 is 2.83 bits per heavy atom. The van der Waals surface area contributed by atoms with E-state index in [-0.39, 0.29) is 11.7 Å². The fourth-order valence-electron chi connectivity index (χ4n) is 1.31. The lowest BCUT2D eigenvalue weighted by atomic mass is 10.2. The molecule has 1 aromatic heterocycles. The summed E-state index contributed by atoms with van der Waals surface area (Å²) in [5.74, 6) is 5.62. The van der Waals surface area contributed by atoms with Gasteiger partial charge >= 0.3 is 6.09 Å². The lowest BCUT2D eigenvalue weighted by Crippen LogP contribution is -2.32. The monoisotopic (exact) mass is 337 g/mol. The van der Waals surface area contributed by atoms with Crippen molar-refractivity contribution in [1.82, 2.24) is 20.4 Å². The third kappa shape index (κ3) is 7.47. The molecule has 1 aromatic rings. The summed E-state index contributed by atoms with van der Waals surface area (Å²) in [6.45, 7) is 5.48. The maximum atomic E-state index is 11.5. The first-order valence-corrected chi connectivity index (χ1v) is 7.24. The number of hydrogen-bond acceptors (Lipinski definition) is 5. The molecule has 1 rings (SSSR count). The molecule has 0 unspecified atom stereocenters. The minimum atomic E-state index is -0.552. The van der Waals surface area contributed by atoms with Crippen LogP contribution in [0.4, 0.5) is 10.5 Å². The Morgan fingerprint density at radius 2 is 2.22 bits per heavy atom. The van der Waals surface area contributed by atoms with E-state index >= 15 is 0 Å². The van der Waals surface area contributed by atoms with Crippen molar-refractivity contribution in [2.75, 3.05) is 20.6 Å². The highest BCUT2D eigenvalue weighted by Crippen LogP contribution is 2.22. The number of carbonyl (C=O) groups is 1. The number of aliphatic imine (C=N–C) groups is 1. The lowest BCUT2D eigenvalue weighted by Gasteiger charge is -2.19. The third-order valence-corrected chi connectivity index (χ3v) is 2.41. The Morgan fingerprint density at radius 1 is 1.52 bits per heavy atom. The van der Waals surface area contributed by atoms with Gasteiger partial charge in [0.1, 0.15) is 11.3 Å². The fourth-order valence-corrected chi connectivity index (χ4v) is 1.50. The number of amides is 1. The average molecular weight is 338 g/mol. The topological polar surface area (TPSA) is 79.7 Å². The van der Waals surface area contributed by atoms with Crippen molar-refractivity contribution in [2.45, 2.75) is 26.4 Å². The number of halogens is 1. The zero-order valence-electron chi connectivity index (χ0n) is 13.8. The number of hydrogen-bond donors (Lipinski definition) is 1. The second-order valence-corrected chi connectivity index (χ2v) is 6.12. The molecule has 1 heterocycles. The van der Waals surface area contributed by atoms with Crippen LogP contribution >= 0.6 is 11.6 Å². The largest absolute Gasteiger partial charge is 0.444 e. The van der Waals surface area contributed by atoms with Gasteiger partial charge in [0.15, 0.2) is 5.15 Å². The van der Waals surface area contributed by atoms with Crippen molar-refractivity contribution in [2.24, 2.45) is 4.99 Å². The van der Waals surface area contributed by atoms with E-state index in [0.717, 1.165) is 0 Å². The summed E-state index contributed by atoms with van der Waals surface area (Å²) >= 11 is 6.00. The van der Waals surface area contributed by atoms with Crippen molar-refractivity contribution >= 4 is 29.7 Å². The Bertz CT molecular complexity index is 641. The molecule has 0 saturated carbocycles. The molecule has 0 atom stereocenters. The molecule has 7 nitrogen and oxygen atoms in total. The molecule has 0 aliphatic heterocycles. The van der Waals surface area contributed by atoms with E-state index in [1.54, 1.807) is 32.0 Å². The molecule has 0 radical (unpaired) electrons. The Hall–Kier alpha value is -2.33. The van der Waals surface area contributed by atoms with Gasteiger partial charge in [-0.1, -0.05) is 23.4 Å². The molecule has 124 valence electrons. The summed E-state index contributed by atoms with van der Waals surface area (Å²) in [7, 11) is 3.69. The van der Waals surface area contributed by atoms with Crippen LogP contribution in [0.1, 0.15) is 26.3 Å². The van der Waals surface area contributed by atoms with Crippen molar-refractivity contribution in [3.8, 4) is 11.8 Å². The Kier molecular flexibility index (Phi) is 6.79. The van der Waals surface area contributed by atoms with Gasteiger partial charge in [0.05, 0.1) is 24.6 Å². The summed E-state index contributed by atoms with van der Waals surface area (Å²) in [6, 6.07) is 0. The van der Waals surface area contributed by atoms with Crippen LogP contribution in [0.5, 0.6) is 0 Å². The van der Waals surface area contributed by atoms with E-state index in [4.69, 9.17) is 16.3 Å². The molecule has 0 bridgehead atoms. The minimum absolute atomic E-state index is 0.115. The first-order valence-electron chi connectivity index (χ1n) is 6.86. The van der Waals surface area contributed by atoms with Gasteiger partial charge in [0.25, 0.3) is 0 Å². The molecule has 0 aliphatic rings. The number of rotatable bonds is 3. The Balaban J connectivity index is 2.76. The third-order valence-electron chi connectivity index (χ3n) is 2.15. The van der Waals surface area contributed by atoms with Gasteiger partial charge < -0.3 is 15.0 Å². The fraction of sp³-hybridized carbons (Fsp3) is 0.467. The molecular formula is C15H20ClN5O2. The van der Waals surface area contributed by atoms with Crippen LogP contribution in [0.3, 0.4) is 0 Å². The van der Waals surface area contributed by atoms with E-state index in [1.165, 1.54) is 6.20 Å². The highest BCUT2D eigenvalue weighted by atomic mass is 35.5. The highest BCUT2D eigenvalue weighted by molar-refractivity contribution is 6.30. The summed E-state index contributed by atoms with van der Waals surface area (Å²) in [5, 5.41) is 10.2. The van der Waals surface area contributed by atoms with Crippen molar-refractivity contribution in [1.29, 1.82) is 0 Å². The summed E-state index contributed by atoms with van der Waals surface area (Å²) in [6.07, 6.45) is 2.55. The zero-order valence-corrected chi connectivity index (χ0v) is 14.6. The molecule has 0 aliphatic carbocycles. The number of carbonyl (C=O) groups excluding carboxylic acids is 1. The highest BCUT2D eigenvalue weighted by Gasteiger charge is 2.15. The average Bonchev–Trinajstić information content (AvgIpc) is 2.41. The molecule has 1 amide bonds. The lowest BCUT2D eigenvalue weighted by molar-refractivity contribution is 0.0535. The van der Waals surface area contributed by atoms with E-state index < -0.39 is 11.7 Å². The maximum Gasteiger partial charge on any atom is 0.408 e.